The molecule has 0 fully saturated rings. The van der Waals surface area contributed by atoms with Crippen LogP contribution in [0.4, 0.5) is 5.69 Å². The van der Waals surface area contributed by atoms with Crippen LogP contribution in [0.2, 0.25) is 0 Å². The highest BCUT2D eigenvalue weighted by molar-refractivity contribution is 5.40. The number of nitrogens with one attached hydrogen (secondary N) is 3. The third kappa shape index (κ3) is 2.63. The Morgan fingerprint density at radius 1 is 1.18 bits per heavy atom. The maximum absolute atomic E-state index is 11.5. The zero-order valence-corrected chi connectivity index (χ0v) is 9.36. The summed E-state index contributed by atoms with van der Waals surface area (Å²) in [6.07, 6.45) is 1.38. The Hall–Kier alpha value is -2.30. The monoisotopic (exact) mass is 231 g/mol. The van der Waals surface area contributed by atoms with E-state index in [1.165, 1.54) is 6.20 Å². The number of aromatic nitrogens is 2. The normalized spacial score (nSPS) is 12.1. The van der Waals surface area contributed by atoms with E-state index in [4.69, 9.17) is 0 Å². The van der Waals surface area contributed by atoms with Gasteiger partial charge in [0.1, 0.15) is 5.69 Å². The van der Waals surface area contributed by atoms with Crippen LogP contribution in [0.1, 0.15) is 18.5 Å². The number of hydrogen-bond acceptors (Lipinski definition) is 3. The predicted octanol–water partition coefficient (Wildman–Crippen LogP) is 1.24. The molecule has 0 bridgehead atoms. The van der Waals surface area contributed by atoms with Gasteiger partial charge in [-0.3, -0.25) is 9.78 Å². The van der Waals surface area contributed by atoms with E-state index in [-0.39, 0.29) is 6.04 Å². The number of aromatic amines is 2. The van der Waals surface area contributed by atoms with Crippen LogP contribution >= 0.6 is 0 Å². The quantitative estimate of drug-likeness (QED) is 0.743. The summed E-state index contributed by atoms with van der Waals surface area (Å²) in [5.41, 5.74) is 0.489. The Kier molecular flexibility index (Phi) is 3.09. The van der Waals surface area contributed by atoms with Crippen LogP contribution in [0.5, 0.6) is 0 Å². The lowest BCUT2D eigenvalue weighted by Crippen LogP contribution is -2.25. The van der Waals surface area contributed by atoms with Crippen molar-refractivity contribution in [1.82, 2.24) is 9.97 Å². The fourth-order valence-electron chi connectivity index (χ4n) is 1.58. The molecule has 2 aromatic rings. The van der Waals surface area contributed by atoms with Crippen LogP contribution in [0.3, 0.4) is 0 Å². The molecule has 1 aromatic heterocycles. The van der Waals surface area contributed by atoms with Crippen molar-refractivity contribution in [2.24, 2.45) is 0 Å². The van der Waals surface area contributed by atoms with Gasteiger partial charge in [0.05, 0.1) is 0 Å². The fraction of sp³-hybridized carbons (Fsp3) is 0.167. The average Bonchev–Trinajstić information content (AvgIpc) is 2.34. The first-order valence-corrected chi connectivity index (χ1v) is 5.30. The summed E-state index contributed by atoms with van der Waals surface area (Å²) >= 11 is 0. The van der Waals surface area contributed by atoms with Crippen molar-refractivity contribution >= 4 is 5.69 Å². The summed E-state index contributed by atoms with van der Waals surface area (Å²) in [5.74, 6) is 0. The summed E-state index contributed by atoms with van der Waals surface area (Å²) < 4.78 is 0. The van der Waals surface area contributed by atoms with Gasteiger partial charge in [-0.15, -0.1) is 0 Å². The second-order valence-electron chi connectivity index (χ2n) is 3.76. The van der Waals surface area contributed by atoms with Crippen molar-refractivity contribution in [2.45, 2.75) is 13.0 Å². The largest absolute Gasteiger partial charge is 0.373 e. The number of benzene rings is 1. The van der Waals surface area contributed by atoms with Crippen LogP contribution in [0.25, 0.3) is 0 Å². The number of H-pyrrole nitrogens is 2. The SMILES string of the molecule is C[C@@H](Nc1c[nH]c(=O)[nH]c1=O)c1ccccc1. The maximum Gasteiger partial charge on any atom is 0.325 e. The fourth-order valence-corrected chi connectivity index (χ4v) is 1.58. The molecule has 0 saturated carbocycles. The van der Waals surface area contributed by atoms with E-state index in [1.807, 2.05) is 37.3 Å². The topological polar surface area (TPSA) is 77.8 Å². The summed E-state index contributed by atoms with van der Waals surface area (Å²) in [5, 5.41) is 3.04. The molecule has 88 valence electrons. The first-order valence-electron chi connectivity index (χ1n) is 5.30. The summed E-state index contributed by atoms with van der Waals surface area (Å²) in [4.78, 5) is 26.9. The lowest BCUT2D eigenvalue weighted by Gasteiger charge is -2.14. The molecule has 1 atom stereocenters. The van der Waals surface area contributed by atoms with Crippen LogP contribution < -0.4 is 16.6 Å². The van der Waals surface area contributed by atoms with E-state index >= 15 is 0 Å². The first kappa shape index (κ1) is 11.2. The molecular weight excluding hydrogens is 218 g/mol. The molecule has 5 nitrogen and oxygen atoms in total. The Bertz CT molecular complexity index is 601. The van der Waals surface area contributed by atoms with Gasteiger partial charge in [-0.25, -0.2) is 4.79 Å². The molecule has 0 aliphatic heterocycles. The lowest BCUT2D eigenvalue weighted by atomic mass is 10.1. The summed E-state index contributed by atoms with van der Waals surface area (Å²) in [7, 11) is 0. The molecule has 1 aromatic carbocycles. The van der Waals surface area contributed by atoms with E-state index < -0.39 is 11.2 Å². The molecule has 0 radical (unpaired) electrons. The van der Waals surface area contributed by atoms with Crippen molar-refractivity contribution in [1.29, 1.82) is 0 Å². The molecule has 0 aliphatic rings. The zero-order valence-electron chi connectivity index (χ0n) is 9.36. The second kappa shape index (κ2) is 4.69. The van der Waals surface area contributed by atoms with E-state index in [1.54, 1.807) is 0 Å². The number of hydrogen-bond donors (Lipinski definition) is 3. The zero-order chi connectivity index (χ0) is 12.3. The van der Waals surface area contributed by atoms with Crippen LogP contribution in [0, 0.1) is 0 Å². The standard InChI is InChI=1S/C12H13N3O2/c1-8(9-5-3-2-4-6-9)14-10-7-13-12(17)15-11(10)16/h2-8,14H,1H3,(H2,13,15,16,17)/t8-/m1/s1. The Morgan fingerprint density at radius 3 is 2.53 bits per heavy atom. The van der Waals surface area contributed by atoms with Crippen molar-refractivity contribution < 1.29 is 0 Å². The predicted molar refractivity (Wildman–Crippen MR) is 66.2 cm³/mol. The van der Waals surface area contributed by atoms with Crippen molar-refractivity contribution in [3.8, 4) is 0 Å². The minimum Gasteiger partial charge on any atom is -0.373 e. The maximum atomic E-state index is 11.5. The highest BCUT2D eigenvalue weighted by Gasteiger charge is 2.06. The molecule has 0 unspecified atom stereocenters. The van der Waals surface area contributed by atoms with Gasteiger partial charge >= 0.3 is 5.69 Å². The molecule has 0 amide bonds. The van der Waals surface area contributed by atoms with Gasteiger partial charge in [0, 0.05) is 12.2 Å². The molecule has 17 heavy (non-hydrogen) atoms. The Morgan fingerprint density at radius 2 is 1.88 bits per heavy atom. The summed E-state index contributed by atoms with van der Waals surface area (Å²) in [6, 6.07) is 9.73. The molecule has 0 spiro atoms. The molecule has 0 aliphatic carbocycles. The molecule has 0 saturated heterocycles. The Balaban J connectivity index is 2.22. The molecule has 2 rings (SSSR count). The van der Waals surface area contributed by atoms with Gasteiger partial charge in [-0.2, -0.15) is 0 Å². The van der Waals surface area contributed by atoms with Gasteiger partial charge in [0.15, 0.2) is 0 Å². The molecule has 1 heterocycles. The van der Waals surface area contributed by atoms with Gasteiger partial charge in [-0.05, 0) is 12.5 Å². The minimum atomic E-state index is -0.507. The van der Waals surface area contributed by atoms with Crippen molar-refractivity contribution in [3.05, 3.63) is 62.9 Å². The second-order valence-corrected chi connectivity index (χ2v) is 3.76. The minimum absolute atomic E-state index is 0.0109. The first-order chi connectivity index (χ1) is 8.16. The molecule has 5 heteroatoms. The van der Waals surface area contributed by atoms with Crippen LogP contribution in [-0.2, 0) is 0 Å². The highest BCUT2D eigenvalue weighted by Crippen LogP contribution is 2.15. The third-order valence-corrected chi connectivity index (χ3v) is 2.49. The molecule has 3 N–H and O–H groups in total. The van der Waals surface area contributed by atoms with Crippen LogP contribution in [0.15, 0.2) is 46.1 Å². The van der Waals surface area contributed by atoms with E-state index in [0.717, 1.165) is 5.56 Å². The Labute approximate surface area is 97.5 Å². The smallest absolute Gasteiger partial charge is 0.325 e. The van der Waals surface area contributed by atoms with Crippen LogP contribution in [-0.4, -0.2) is 9.97 Å². The van der Waals surface area contributed by atoms with Gasteiger partial charge < -0.3 is 10.3 Å². The van der Waals surface area contributed by atoms with Crippen molar-refractivity contribution in [3.63, 3.8) is 0 Å². The molecular formula is C12H13N3O2. The number of anilines is 1. The third-order valence-electron chi connectivity index (χ3n) is 2.49. The van der Waals surface area contributed by atoms with E-state index in [9.17, 15) is 9.59 Å². The summed E-state index contributed by atoms with van der Waals surface area (Å²) in [6.45, 7) is 1.94. The van der Waals surface area contributed by atoms with E-state index in [0.29, 0.717) is 5.69 Å². The van der Waals surface area contributed by atoms with Gasteiger partial charge in [0.25, 0.3) is 5.56 Å². The highest BCUT2D eigenvalue weighted by atomic mass is 16.2. The number of rotatable bonds is 3. The van der Waals surface area contributed by atoms with Gasteiger partial charge in [-0.1, -0.05) is 30.3 Å². The lowest BCUT2D eigenvalue weighted by molar-refractivity contribution is 0.872. The average molecular weight is 231 g/mol. The van der Waals surface area contributed by atoms with Gasteiger partial charge in [0.2, 0.25) is 0 Å². The van der Waals surface area contributed by atoms with Crippen molar-refractivity contribution in [2.75, 3.05) is 5.32 Å². The van der Waals surface area contributed by atoms with E-state index in [2.05, 4.69) is 15.3 Å².